The Hall–Kier alpha value is -2.05. The third-order valence-electron chi connectivity index (χ3n) is 9.19. The predicted octanol–water partition coefficient (Wildman–Crippen LogP) is 8.69. The zero-order chi connectivity index (χ0) is 28.9. The molecule has 1 amide bonds. The van der Waals surface area contributed by atoms with E-state index in [1.54, 1.807) is 22.0 Å². The van der Waals surface area contributed by atoms with Crippen molar-refractivity contribution in [3.8, 4) is 0 Å². The zero-order valence-corrected chi connectivity index (χ0v) is 28.7. The molecule has 0 radical (unpaired) electrons. The Bertz CT molecular complexity index is 1130. The van der Waals surface area contributed by atoms with Gasteiger partial charge in [0.1, 0.15) is 0 Å². The summed E-state index contributed by atoms with van der Waals surface area (Å²) in [5, 5.41) is 0. The summed E-state index contributed by atoms with van der Waals surface area (Å²) in [5.74, 6) is 0.370. The topological polar surface area (TPSA) is 36.7 Å². The number of nitrogens with zero attached hydrogens (tertiary/aromatic N) is 2. The molecule has 0 unspecified atom stereocenters. The number of hydrogen-bond acceptors (Lipinski definition) is 3. The van der Waals surface area contributed by atoms with Gasteiger partial charge in [0, 0.05) is 0 Å². The van der Waals surface area contributed by atoms with Crippen LogP contribution in [0.15, 0.2) is 77.4 Å². The van der Waals surface area contributed by atoms with Crippen molar-refractivity contribution in [3.05, 3.63) is 84.3 Å². The van der Waals surface area contributed by atoms with E-state index in [0.29, 0.717) is 5.76 Å². The first-order chi connectivity index (χ1) is 20.1. The van der Waals surface area contributed by atoms with Gasteiger partial charge >= 0.3 is 213 Å². The van der Waals surface area contributed by atoms with Crippen molar-refractivity contribution in [1.29, 1.82) is 0 Å². The fourth-order valence-corrected chi connectivity index (χ4v) is 22.8. The quantitative estimate of drug-likeness (QED) is 0.144. The maximum absolute atomic E-state index is 13.4. The van der Waals surface area contributed by atoms with E-state index in [0.717, 1.165) is 44.6 Å². The third-order valence-corrected chi connectivity index (χ3v) is 24.8. The van der Waals surface area contributed by atoms with E-state index in [-0.39, 0.29) is 11.9 Å². The summed E-state index contributed by atoms with van der Waals surface area (Å²) < 4.78 is 11.9. The number of carbonyl (C=O) groups excluding carboxylic acids is 1. The number of rotatable bonds is 16. The maximum atomic E-state index is 13.4. The fraction of sp³-hybridized carbons (Fsp3) is 0.528. The van der Waals surface area contributed by atoms with Gasteiger partial charge in [0.05, 0.1) is 6.26 Å². The molecule has 41 heavy (non-hydrogen) atoms. The molecule has 1 fully saturated rings. The first-order valence-electron chi connectivity index (χ1n) is 16.3. The fourth-order valence-electron chi connectivity index (χ4n) is 6.70. The molecule has 0 atom stereocenters. The number of benzene rings is 2. The molecule has 0 bridgehead atoms. The number of unbranched alkanes of at least 4 members (excludes halogenated alkanes) is 3. The SMILES string of the molecule is CCC[CH2][Sn]([CH2]CCC)([CH2]CCC)[c]1cccc(CCN2CCC(N(C(=O)c3ccco3)c3ccccc3)CC2)c1. The first kappa shape index (κ1) is 31.9. The summed E-state index contributed by atoms with van der Waals surface area (Å²) in [7, 11) is 0. The molecular formula is C36H52N2O2Sn. The van der Waals surface area contributed by atoms with Crippen LogP contribution in [-0.2, 0) is 6.42 Å². The van der Waals surface area contributed by atoms with Crippen LogP contribution in [0.5, 0.6) is 0 Å². The number of furan rings is 1. The molecule has 3 aromatic rings. The van der Waals surface area contributed by atoms with E-state index in [9.17, 15) is 4.79 Å². The van der Waals surface area contributed by atoms with E-state index in [1.807, 2.05) is 35.2 Å². The molecule has 1 saturated heterocycles. The second kappa shape index (κ2) is 16.6. The standard InChI is InChI=1S/C24H25N2O2.3C4H9.Sn/c27-24(23-12-7-19-28-23)26(21-10-5-2-6-11-21)22-14-17-25(18-15-22)16-13-20-8-3-1-4-9-20;3*1-3-4-2;/h1-3,5-12,19,22H,13-18H2;3*1,3-4H2,2H3;. The third kappa shape index (κ3) is 8.73. The Kier molecular flexibility index (Phi) is 12.9. The van der Waals surface area contributed by atoms with Gasteiger partial charge in [0.25, 0.3) is 0 Å². The number of anilines is 1. The Morgan fingerprint density at radius 3 is 2.10 bits per heavy atom. The van der Waals surface area contributed by atoms with Gasteiger partial charge in [-0.2, -0.15) is 0 Å². The van der Waals surface area contributed by atoms with Gasteiger partial charge in [-0.05, 0) is 12.1 Å². The zero-order valence-electron chi connectivity index (χ0n) is 25.8. The monoisotopic (exact) mass is 664 g/mol. The molecule has 2 aromatic carbocycles. The summed E-state index contributed by atoms with van der Waals surface area (Å²) in [5.41, 5.74) is 2.47. The molecule has 4 nitrogen and oxygen atoms in total. The first-order valence-corrected chi connectivity index (χ1v) is 23.8. The predicted molar refractivity (Wildman–Crippen MR) is 176 cm³/mol. The van der Waals surface area contributed by atoms with Crippen LogP contribution in [-0.4, -0.2) is 54.9 Å². The Morgan fingerprint density at radius 2 is 1.51 bits per heavy atom. The van der Waals surface area contributed by atoms with Crippen LogP contribution in [0.1, 0.15) is 88.3 Å². The molecule has 1 aliphatic heterocycles. The summed E-state index contributed by atoms with van der Waals surface area (Å²) in [6.07, 6.45) is 12.8. The van der Waals surface area contributed by atoms with Crippen molar-refractivity contribution in [1.82, 2.24) is 4.90 Å². The minimum atomic E-state index is -2.41. The average Bonchev–Trinajstić information content (AvgIpc) is 3.57. The van der Waals surface area contributed by atoms with Gasteiger partial charge in [0.2, 0.25) is 0 Å². The summed E-state index contributed by atoms with van der Waals surface area (Å²) in [6, 6.07) is 23.7. The number of hydrogen-bond donors (Lipinski definition) is 0. The van der Waals surface area contributed by atoms with E-state index in [4.69, 9.17) is 4.42 Å². The molecule has 0 spiro atoms. The molecule has 1 aliphatic rings. The summed E-state index contributed by atoms with van der Waals surface area (Å²) in [4.78, 5) is 18.0. The van der Waals surface area contributed by atoms with Crippen molar-refractivity contribution in [2.24, 2.45) is 0 Å². The number of amides is 1. The number of para-hydroxylation sites is 1. The van der Waals surface area contributed by atoms with Crippen molar-refractivity contribution in [2.75, 3.05) is 24.5 Å². The number of likely N-dealkylation sites (tertiary alicyclic amines) is 1. The van der Waals surface area contributed by atoms with Crippen LogP contribution < -0.4 is 8.48 Å². The summed E-state index contributed by atoms with van der Waals surface area (Å²) >= 11 is -2.41. The second-order valence-electron chi connectivity index (χ2n) is 12.1. The van der Waals surface area contributed by atoms with Crippen LogP contribution >= 0.6 is 0 Å². The van der Waals surface area contributed by atoms with Crippen LogP contribution in [0.4, 0.5) is 5.69 Å². The van der Waals surface area contributed by atoms with Gasteiger partial charge in [0.15, 0.2) is 0 Å². The average molecular weight is 664 g/mol. The van der Waals surface area contributed by atoms with Crippen molar-refractivity contribution in [2.45, 2.75) is 97.9 Å². The van der Waals surface area contributed by atoms with E-state index >= 15 is 0 Å². The Labute approximate surface area is 253 Å². The van der Waals surface area contributed by atoms with Crippen molar-refractivity contribution < 1.29 is 9.21 Å². The van der Waals surface area contributed by atoms with Gasteiger partial charge in [-0.25, -0.2) is 0 Å². The molecule has 0 aliphatic carbocycles. The van der Waals surface area contributed by atoms with Gasteiger partial charge in [-0.1, -0.05) is 18.2 Å². The normalized spacial score (nSPS) is 14.8. The van der Waals surface area contributed by atoms with E-state index in [1.165, 1.54) is 57.4 Å². The Morgan fingerprint density at radius 1 is 0.854 bits per heavy atom. The van der Waals surface area contributed by atoms with Crippen molar-refractivity contribution >= 4 is 33.6 Å². The van der Waals surface area contributed by atoms with Gasteiger partial charge < -0.3 is 4.42 Å². The van der Waals surface area contributed by atoms with Crippen molar-refractivity contribution in [3.63, 3.8) is 0 Å². The molecule has 0 saturated carbocycles. The summed E-state index contributed by atoms with van der Waals surface area (Å²) in [6.45, 7) is 10.2. The van der Waals surface area contributed by atoms with Crippen LogP contribution in [0.25, 0.3) is 0 Å². The molecule has 222 valence electrons. The van der Waals surface area contributed by atoms with E-state index in [2.05, 4.69) is 49.9 Å². The molecule has 4 rings (SSSR count). The molecule has 0 N–H and O–H groups in total. The minimum absolute atomic E-state index is 0.0412. The van der Waals surface area contributed by atoms with Crippen LogP contribution in [0, 0.1) is 0 Å². The van der Waals surface area contributed by atoms with Gasteiger partial charge in [-0.15, -0.1) is 0 Å². The molecule has 1 aromatic heterocycles. The number of piperidine rings is 1. The molecule has 2 heterocycles. The Balaban J connectivity index is 1.40. The van der Waals surface area contributed by atoms with Gasteiger partial charge in [-0.3, -0.25) is 0 Å². The second-order valence-corrected chi connectivity index (χ2v) is 25.3. The molecule has 5 heteroatoms. The molecular weight excluding hydrogens is 611 g/mol. The number of carbonyl (C=O) groups is 1. The van der Waals surface area contributed by atoms with Crippen LogP contribution in [0.2, 0.25) is 13.3 Å². The van der Waals surface area contributed by atoms with Crippen LogP contribution in [0.3, 0.4) is 0 Å². The van der Waals surface area contributed by atoms with E-state index < -0.39 is 18.4 Å².